The van der Waals surface area contributed by atoms with Gasteiger partial charge in [-0.25, -0.2) is 0 Å². The quantitative estimate of drug-likeness (QED) is 0.801. The highest BCUT2D eigenvalue weighted by Crippen LogP contribution is 2.25. The first kappa shape index (κ1) is 15.1. The van der Waals surface area contributed by atoms with Crippen LogP contribution < -0.4 is 5.32 Å². The van der Waals surface area contributed by atoms with Gasteiger partial charge in [0.15, 0.2) is 0 Å². The molecule has 3 heteroatoms. The third kappa shape index (κ3) is 3.88. The number of aryl methyl sites for hydroxylation is 2. The summed E-state index contributed by atoms with van der Waals surface area (Å²) in [6.45, 7) is 3.25. The number of thiophene rings is 1. The highest BCUT2D eigenvalue weighted by atomic mass is 35.5. The lowest BCUT2D eigenvalue weighted by Crippen LogP contribution is -2.21. The SMILES string of the molecule is CC(NCCc1ccc(Cl)s1)c1ccc2c(c1)CCCC2. The van der Waals surface area contributed by atoms with E-state index in [9.17, 15) is 0 Å². The fraction of sp³-hybridized carbons (Fsp3) is 0.444. The number of hydrogen-bond donors (Lipinski definition) is 1. The molecule has 112 valence electrons. The summed E-state index contributed by atoms with van der Waals surface area (Å²) in [5.41, 5.74) is 4.54. The molecule has 1 atom stereocenters. The van der Waals surface area contributed by atoms with Gasteiger partial charge in [0, 0.05) is 17.5 Å². The minimum absolute atomic E-state index is 0.410. The maximum Gasteiger partial charge on any atom is 0.0931 e. The second-order valence-electron chi connectivity index (χ2n) is 5.87. The largest absolute Gasteiger partial charge is 0.310 e. The van der Waals surface area contributed by atoms with Crippen LogP contribution in [0.1, 0.15) is 47.4 Å². The normalized spacial score (nSPS) is 15.7. The number of fused-ring (bicyclic) bond motifs is 1. The Morgan fingerprint density at radius 2 is 1.95 bits per heavy atom. The smallest absolute Gasteiger partial charge is 0.0931 e. The molecule has 1 N–H and O–H groups in total. The summed E-state index contributed by atoms with van der Waals surface area (Å²) < 4.78 is 0.882. The predicted octanol–water partition coefficient (Wildman–Crippen LogP) is 5.17. The van der Waals surface area contributed by atoms with E-state index in [0.717, 1.165) is 17.3 Å². The van der Waals surface area contributed by atoms with Gasteiger partial charge in [-0.2, -0.15) is 0 Å². The highest BCUT2D eigenvalue weighted by molar-refractivity contribution is 7.16. The lowest BCUT2D eigenvalue weighted by molar-refractivity contribution is 0.576. The van der Waals surface area contributed by atoms with Gasteiger partial charge >= 0.3 is 0 Å². The van der Waals surface area contributed by atoms with Gasteiger partial charge in [-0.05, 0) is 67.9 Å². The third-order valence-corrected chi connectivity index (χ3v) is 5.61. The van der Waals surface area contributed by atoms with E-state index in [1.807, 2.05) is 6.07 Å². The van der Waals surface area contributed by atoms with Crippen molar-refractivity contribution in [2.75, 3.05) is 6.54 Å². The molecule has 21 heavy (non-hydrogen) atoms. The van der Waals surface area contributed by atoms with Crippen LogP contribution in [0.4, 0.5) is 0 Å². The first-order valence-corrected chi connectivity index (χ1v) is 9.01. The Morgan fingerprint density at radius 1 is 1.14 bits per heavy atom. The van der Waals surface area contributed by atoms with Crippen molar-refractivity contribution in [3.05, 3.63) is 56.2 Å². The van der Waals surface area contributed by atoms with Crippen molar-refractivity contribution in [3.63, 3.8) is 0 Å². The second kappa shape index (κ2) is 6.95. The summed E-state index contributed by atoms with van der Waals surface area (Å²) in [6.07, 6.45) is 6.26. The average molecular weight is 320 g/mol. The number of rotatable bonds is 5. The minimum atomic E-state index is 0.410. The molecule has 1 aromatic heterocycles. The summed E-state index contributed by atoms with van der Waals surface area (Å²) in [6, 6.07) is 11.6. The maximum atomic E-state index is 5.96. The van der Waals surface area contributed by atoms with Gasteiger partial charge in [0.25, 0.3) is 0 Å². The molecule has 1 unspecified atom stereocenters. The van der Waals surface area contributed by atoms with Crippen molar-refractivity contribution in [1.29, 1.82) is 0 Å². The van der Waals surface area contributed by atoms with Crippen LogP contribution in [0.25, 0.3) is 0 Å². The molecule has 1 aliphatic rings. The van der Waals surface area contributed by atoms with Gasteiger partial charge in [-0.1, -0.05) is 29.8 Å². The summed E-state index contributed by atoms with van der Waals surface area (Å²) in [5.74, 6) is 0. The molecule has 1 nitrogen and oxygen atoms in total. The zero-order valence-corrected chi connectivity index (χ0v) is 14.1. The van der Waals surface area contributed by atoms with Crippen LogP contribution in [0.5, 0.6) is 0 Å². The van der Waals surface area contributed by atoms with Gasteiger partial charge in [-0.3, -0.25) is 0 Å². The lowest BCUT2D eigenvalue weighted by Gasteiger charge is -2.20. The first-order chi connectivity index (χ1) is 10.2. The number of benzene rings is 1. The number of nitrogens with one attached hydrogen (secondary N) is 1. The molecule has 0 saturated heterocycles. The molecule has 1 aliphatic carbocycles. The Labute approximate surface area is 136 Å². The van der Waals surface area contributed by atoms with Gasteiger partial charge in [0.1, 0.15) is 0 Å². The molecular weight excluding hydrogens is 298 g/mol. The average Bonchev–Trinajstić information content (AvgIpc) is 2.92. The topological polar surface area (TPSA) is 12.0 Å². The molecule has 0 radical (unpaired) electrons. The minimum Gasteiger partial charge on any atom is -0.310 e. The summed E-state index contributed by atoms with van der Waals surface area (Å²) in [4.78, 5) is 1.35. The fourth-order valence-corrected chi connectivity index (χ4v) is 4.13. The van der Waals surface area contributed by atoms with Crippen molar-refractivity contribution in [1.82, 2.24) is 5.32 Å². The van der Waals surface area contributed by atoms with Crippen molar-refractivity contribution in [2.45, 2.75) is 45.1 Å². The molecule has 0 bridgehead atoms. The van der Waals surface area contributed by atoms with Gasteiger partial charge in [0.05, 0.1) is 4.34 Å². The Hall–Kier alpha value is -0.830. The molecule has 1 heterocycles. The third-order valence-electron chi connectivity index (χ3n) is 4.32. The summed E-state index contributed by atoms with van der Waals surface area (Å²) in [5, 5.41) is 3.63. The maximum absolute atomic E-state index is 5.96. The molecule has 0 fully saturated rings. The van der Waals surface area contributed by atoms with Crippen molar-refractivity contribution in [3.8, 4) is 0 Å². The summed E-state index contributed by atoms with van der Waals surface area (Å²) in [7, 11) is 0. The van der Waals surface area contributed by atoms with Crippen LogP contribution in [-0.4, -0.2) is 6.54 Å². The van der Waals surface area contributed by atoms with Crippen molar-refractivity contribution in [2.24, 2.45) is 0 Å². The molecule has 0 spiro atoms. The van der Waals surface area contributed by atoms with Gasteiger partial charge in [0.2, 0.25) is 0 Å². The van der Waals surface area contributed by atoms with E-state index in [-0.39, 0.29) is 0 Å². The van der Waals surface area contributed by atoms with E-state index in [2.05, 4.69) is 36.5 Å². The van der Waals surface area contributed by atoms with E-state index < -0.39 is 0 Å². The van der Waals surface area contributed by atoms with E-state index in [1.54, 1.807) is 22.5 Å². The molecule has 3 rings (SSSR count). The van der Waals surface area contributed by atoms with E-state index in [0.29, 0.717) is 6.04 Å². The molecular formula is C18H22ClNS. The summed E-state index contributed by atoms with van der Waals surface area (Å²) >= 11 is 7.64. The van der Waals surface area contributed by atoms with Crippen LogP contribution in [0.3, 0.4) is 0 Å². The highest BCUT2D eigenvalue weighted by Gasteiger charge is 2.12. The van der Waals surface area contributed by atoms with Gasteiger partial charge < -0.3 is 5.32 Å². The molecule has 0 aliphatic heterocycles. The van der Waals surface area contributed by atoms with Crippen LogP contribution in [0, 0.1) is 0 Å². The first-order valence-electron chi connectivity index (χ1n) is 7.81. The fourth-order valence-electron chi connectivity index (χ4n) is 3.04. The van der Waals surface area contributed by atoms with Crippen LogP contribution in [0.15, 0.2) is 30.3 Å². The Balaban J connectivity index is 1.56. The second-order valence-corrected chi connectivity index (χ2v) is 7.67. The van der Waals surface area contributed by atoms with Crippen LogP contribution in [-0.2, 0) is 19.3 Å². The number of halogens is 1. The Bertz CT molecular complexity index is 605. The predicted molar refractivity (Wildman–Crippen MR) is 92.5 cm³/mol. The van der Waals surface area contributed by atoms with Crippen molar-refractivity contribution < 1.29 is 0 Å². The zero-order valence-electron chi connectivity index (χ0n) is 12.5. The monoisotopic (exact) mass is 319 g/mol. The standard InChI is InChI=1S/C18H22ClNS/c1-13(20-11-10-17-8-9-18(19)21-17)15-7-6-14-4-2-3-5-16(14)12-15/h6-9,12-13,20H,2-5,10-11H2,1H3. The molecule has 2 aromatic rings. The van der Waals surface area contributed by atoms with Crippen molar-refractivity contribution >= 4 is 22.9 Å². The lowest BCUT2D eigenvalue weighted by atomic mass is 9.89. The molecule has 0 saturated carbocycles. The Morgan fingerprint density at radius 3 is 2.71 bits per heavy atom. The molecule has 1 aromatic carbocycles. The number of hydrogen-bond acceptors (Lipinski definition) is 2. The Kier molecular flexibility index (Phi) is 4.99. The molecule has 0 amide bonds. The van der Waals surface area contributed by atoms with E-state index >= 15 is 0 Å². The van der Waals surface area contributed by atoms with Gasteiger partial charge in [-0.15, -0.1) is 11.3 Å². The van der Waals surface area contributed by atoms with Crippen LogP contribution >= 0.6 is 22.9 Å². The van der Waals surface area contributed by atoms with E-state index in [1.165, 1.54) is 36.1 Å². The van der Waals surface area contributed by atoms with Crippen LogP contribution in [0.2, 0.25) is 4.34 Å². The zero-order chi connectivity index (χ0) is 14.7. The van der Waals surface area contributed by atoms with E-state index in [4.69, 9.17) is 11.6 Å².